The molecule has 18 heavy (non-hydrogen) atoms. The van der Waals surface area contributed by atoms with E-state index in [-0.39, 0.29) is 0 Å². The summed E-state index contributed by atoms with van der Waals surface area (Å²) in [5.74, 6) is 0. The molecule has 4 heteroatoms. The highest BCUT2D eigenvalue weighted by molar-refractivity contribution is 5.19. The van der Waals surface area contributed by atoms with Gasteiger partial charge in [-0.2, -0.15) is 0 Å². The van der Waals surface area contributed by atoms with Crippen molar-refractivity contribution in [3.8, 4) is 0 Å². The van der Waals surface area contributed by atoms with Crippen LogP contribution in [0.4, 0.5) is 0 Å². The van der Waals surface area contributed by atoms with Gasteiger partial charge in [-0.25, -0.2) is 4.98 Å². The molecule has 0 saturated carbocycles. The van der Waals surface area contributed by atoms with Crippen LogP contribution in [-0.2, 0) is 0 Å². The van der Waals surface area contributed by atoms with Crippen molar-refractivity contribution in [2.45, 2.75) is 31.8 Å². The molecule has 0 aliphatic carbocycles. The molecule has 1 aliphatic rings. The number of nitrogens with zero attached hydrogens (tertiary/aromatic N) is 3. The van der Waals surface area contributed by atoms with Gasteiger partial charge >= 0.3 is 0 Å². The molecule has 3 heterocycles. The van der Waals surface area contributed by atoms with Gasteiger partial charge in [0.1, 0.15) is 0 Å². The fourth-order valence-electron chi connectivity index (χ4n) is 2.65. The Morgan fingerprint density at radius 1 is 1.33 bits per heavy atom. The summed E-state index contributed by atoms with van der Waals surface area (Å²) >= 11 is 0. The predicted molar refractivity (Wildman–Crippen MR) is 70.3 cm³/mol. The van der Waals surface area contributed by atoms with E-state index >= 15 is 0 Å². The van der Waals surface area contributed by atoms with E-state index in [1.165, 1.54) is 24.1 Å². The summed E-state index contributed by atoms with van der Waals surface area (Å²) in [7, 11) is 0. The lowest BCUT2D eigenvalue weighted by atomic mass is 10.1. The summed E-state index contributed by atoms with van der Waals surface area (Å²) in [6, 6.07) is 4.89. The molecule has 1 N–H and O–H groups in total. The molecule has 0 spiro atoms. The Morgan fingerprint density at radius 2 is 2.17 bits per heavy atom. The Labute approximate surface area is 107 Å². The van der Waals surface area contributed by atoms with Gasteiger partial charge < -0.3 is 9.88 Å². The fourth-order valence-corrected chi connectivity index (χ4v) is 2.65. The lowest BCUT2D eigenvalue weighted by Gasteiger charge is -2.20. The quantitative estimate of drug-likeness (QED) is 0.898. The topological polar surface area (TPSA) is 42.7 Å². The summed E-state index contributed by atoms with van der Waals surface area (Å²) < 4.78 is 2.26. The monoisotopic (exact) mass is 242 g/mol. The van der Waals surface area contributed by atoms with Crippen molar-refractivity contribution in [1.29, 1.82) is 0 Å². The van der Waals surface area contributed by atoms with E-state index < -0.39 is 0 Å². The molecule has 0 amide bonds. The first-order valence-corrected chi connectivity index (χ1v) is 6.51. The normalized spacial score (nSPS) is 21.1. The van der Waals surface area contributed by atoms with Crippen LogP contribution in [0.5, 0.6) is 0 Å². The number of imidazole rings is 1. The Balaban J connectivity index is 1.90. The highest BCUT2D eigenvalue weighted by Gasteiger charge is 2.21. The summed E-state index contributed by atoms with van der Waals surface area (Å²) in [6.45, 7) is 3.31. The van der Waals surface area contributed by atoms with E-state index in [9.17, 15) is 0 Å². The van der Waals surface area contributed by atoms with Crippen LogP contribution in [0.15, 0.2) is 37.1 Å². The Hall–Kier alpha value is -1.68. The van der Waals surface area contributed by atoms with Crippen LogP contribution in [0.1, 0.15) is 43.1 Å². The summed E-state index contributed by atoms with van der Waals surface area (Å²) in [5.41, 5.74) is 2.55. The highest BCUT2D eigenvalue weighted by Crippen LogP contribution is 2.27. The van der Waals surface area contributed by atoms with Gasteiger partial charge in [-0.3, -0.25) is 4.98 Å². The first kappa shape index (κ1) is 11.4. The Bertz CT molecular complexity index is 500. The molecule has 1 fully saturated rings. The van der Waals surface area contributed by atoms with Crippen molar-refractivity contribution in [2.24, 2.45) is 0 Å². The third kappa shape index (κ3) is 2.04. The molecule has 2 atom stereocenters. The van der Waals surface area contributed by atoms with Gasteiger partial charge in [0.2, 0.25) is 0 Å². The maximum atomic E-state index is 4.32. The van der Waals surface area contributed by atoms with Crippen LogP contribution < -0.4 is 5.32 Å². The first-order chi connectivity index (χ1) is 8.86. The van der Waals surface area contributed by atoms with Crippen molar-refractivity contribution in [2.75, 3.05) is 6.54 Å². The van der Waals surface area contributed by atoms with Gasteiger partial charge in [0.05, 0.1) is 18.1 Å². The maximum absolute atomic E-state index is 4.32. The van der Waals surface area contributed by atoms with Crippen LogP contribution in [0, 0.1) is 0 Å². The predicted octanol–water partition coefficient (Wildman–Crippen LogP) is 2.31. The molecule has 2 aromatic rings. The third-order valence-corrected chi connectivity index (χ3v) is 3.72. The molecule has 1 saturated heterocycles. The largest absolute Gasteiger partial charge is 0.326 e. The van der Waals surface area contributed by atoms with E-state index in [1.807, 2.05) is 24.9 Å². The molecule has 2 unspecified atom stereocenters. The highest BCUT2D eigenvalue weighted by atomic mass is 15.1. The van der Waals surface area contributed by atoms with E-state index in [0.29, 0.717) is 12.1 Å². The first-order valence-electron chi connectivity index (χ1n) is 6.51. The van der Waals surface area contributed by atoms with Crippen LogP contribution in [0.2, 0.25) is 0 Å². The van der Waals surface area contributed by atoms with Gasteiger partial charge in [-0.15, -0.1) is 0 Å². The van der Waals surface area contributed by atoms with E-state index in [4.69, 9.17) is 0 Å². The standard InChI is InChI=1S/C14H18N4/c1-11(12-4-7-15-8-5-12)18-10-16-9-14(18)13-3-2-6-17-13/h4-5,7-11,13,17H,2-3,6H2,1H3. The van der Waals surface area contributed by atoms with Gasteiger partial charge in [-0.05, 0) is 44.0 Å². The number of nitrogens with one attached hydrogen (secondary N) is 1. The van der Waals surface area contributed by atoms with Crippen LogP contribution in [0.25, 0.3) is 0 Å². The van der Waals surface area contributed by atoms with Crippen molar-refractivity contribution in [3.05, 3.63) is 48.3 Å². The number of aromatic nitrogens is 3. The lowest BCUT2D eigenvalue weighted by Crippen LogP contribution is -2.18. The lowest BCUT2D eigenvalue weighted by molar-refractivity contribution is 0.538. The average molecular weight is 242 g/mol. The van der Waals surface area contributed by atoms with Crippen molar-refractivity contribution >= 4 is 0 Å². The van der Waals surface area contributed by atoms with Crippen molar-refractivity contribution in [3.63, 3.8) is 0 Å². The molecule has 0 bridgehead atoms. The SMILES string of the molecule is CC(c1ccncc1)n1cncc1C1CCCN1. The van der Waals surface area contributed by atoms with E-state index in [2.05, 4.69) is 38.9 Å². The van der Waals surface area contributed by atoms with Crippen molar-refractivity contribution < 1.29 is 0 Å². The molecule has 1 aliphatic heterocycles. The zero-order valence-corrected chi connectivity index (χ0v) is 10.6. The van der Waals surface area contributed by atoms with E-state index in [0.717, 1.165) is 6.54 Å². The van der Waals surface area contributed by atoms with Gasteiger partial charge in [0, 0.05) is 24.6 Å². The smallest absolute Gasteiger partial charge is 0.0954 e. The van der Waals surface area contributed by atoms with E-state index in [1.54, 1.807) is 0 Å². The Kier molecular flexibility index (Phi) is 3.11. The second kappa shape index (κ2) is 4.90. The Morgan fingerprint density at radius 3 is 2.89 bits per heavy atom. The summed E-state index contributed by atoms with van der Waals surface area (Å²) in [4.78, 5) is 8.39. The molecular formula is C14H18N4. The molecule has 2 aromatic heterocycles. The number of hydrogen-bond donors (Lipinski definition) is 1. The second-order valence-electron chi connectivity index (χ2n) is 4.83. The van der Waals surface area contributed by atoms with Crippen LogP contribution in [0.3, 0.4) is 0 Å². The second-order valence-corrected chi connectivity index (χ2v) is 4.83. The molecule has 0 radical (unpaired) electrons. The number of rotatable bonds is 3. The van der Waals surface area contributed by atoms with Crippen molar-refractivity contribution in [1.82, 2.24) is 19.9 Å². The van der Waals surface area contributed by atoms with Crippen LogP contribution >= 0.6 is 0 Å². The summed E-state index contributed by atoms with van der Waals surface area (Å²) in [6.07, 6.45) is 10.1. The minimum Gasteiger partial charge on any atom is -0.326 e. The zero-order valence-electron chi connectivity index (χ0n) is 10.6. The van der Waals surface area contributed by atoms with Gasteiger partial charge in [-0.1, -0.05) is 0 Å². The average Bonchev–Trinajstić information content (AvgIpc) is 3.09. The minimum absolute atomic E-state index is 0.299. The van der Waals surface area contributed by atoms with Gasteiger partial charge in [0.15, 0.2) is 0 Å². The summed E-state index contributed by atoms with van der Waals surface area (Å²) in [5, 5.41) is 3.53. The number of hydrogen-bond acceptors (Lipinski definition) is 3. The fraction of sp³-hybridized carbons (Fsp3) is 0.429. The zero-order chi connectivity index (χ0) is 12.4. The maximum Gasteiger partial charge on any atom is 0.0954 e. The van der Waals surface area contributed by atoms with Crippen LogP contribution in [-0.4, -0.2) is 21.1 Å². The molecule has 0 aromatic carbocycles. The molecular weight excluding hydrogens is 224 g/mol. The molecule has 4 nitrogen and oxygen atoms in total. The molecule has 3 rings (SSSR count). The third-order valence-electron chi connectivity index (χ3n) is 3.72. The molecule has 94 valence electrons. The minimum atomic E-state index is 0.299. The van der Waals surface area contributed by atoms with Gasteiger partial charge in [0.25, 0.3) is 0 Å². The number of pyridine rings is 1.